The summed E-state index contributed by atoms with van der Waals surface area (Å²) in [5.41, 5.74) is 4.98. The number of pyridine rings is 1. The van der Waals surface area contributed by atoms with Gasteiger partial charge in [0.2, 0.25) is 5.72 Å². The number of hydrogen-bond donors (Lipinski definition) is 0. The second kappa shape index (κ2) is 5.17. The lowest BCUT2D eigenvalue weighted by Crippen LogP contribution is -2.47. The highest BCUT2D eigenvalue weighted by Crippen LogP contribution is 2.52. The van der Waals surface area contributed by atoms with E-state index in [9.17, 15) is 0 Å². The zero-order valence-corrected chi connectivity index (χ0v) is 14.9. The van der Waals surface area contributed by atoms with Gasteiger partial charge in [0.25, 0.3) is 0 Å². The number of hydrogen-bond acceptors (Lipinski definition) is 3. The average molecular weight is 320 g/mol. The van der Waals surface area contributed by atoms with Gasteiger partial charge in [-0.2, -0.15) is 0 Å². The van der Waals surface area contributed by atoms with Crippen molar-refractivity contribution in [1.82, 2.24) is 4.98 Å². The third-order valence-electron chi connectivity index (χ3n) is 5.70. The summed E-state index contributed by atoms with van der Waals surface area (Å²) < 4.78 is 6.49. The fourth-order valence-corrected chi connectivity index (χ4v) is 3.89. The standard InChI is InChI=1S/C21H24N2O/c1-14-12-16(13-22-15(14)2)19-17-8-5-6-9-18(17)24-21(23-19)11-7-10-20(21,3)4/h5-6,8-9,12-13H,7,10-11H2,1-4H3. The van der Waals surface area contributed by atoms with E-state index in [1.165, 1.54) is 5.56 Å². The quantitative estimate of drug-likeness (QED) is 0.754. The van der Waals surface area contributed by atoms with E-state index in [0.29, 0.717) is 0 Å². The number of fused-ring (bicyclic) bond motifs is 1. The first kappa shape index (κ1) is 15.4. The number of aromatic nitrogens is 1. The summed E-state index contributed by atoms with van der Waals surface area (Å²) in [4.78, 5) is 9.76. The van der Waals surface area contributed by atoms with Crippen LogP contribution in [0.2, 0.25) is 0 Å². The van der Waals surface area contributed by atoms with Gasteiger partial charge in [-0.1, -0.05) is 26.0 Å². The predicted molar refractivity (Wildman–Crippen MR) is 96.8 cm³/mol. The molecule has 0 bridgehead atoms. The minimum Gasteiger partial charge on any atom is -0.465 e. The molecule has 4 rings (SSSR count). The van der Waals surface area contributed by atoms with Crippen LogP contribution in [0.4, 0.5) is 0 Å². The summed E-state index contributed by atoms with van der Waals surface area (Å²) in [6.07, 6.45) is 5.20. The first-order valence-corrected chi connectivity index (χ1v) is 8.74. The number of rotatable bonds is 1. The topological polar surface area (TPSA) is 34.5 Å². The Bertz CT molecular complexity index is 837. The van der Waals surface area contributed by atoms with E-state index in [0.717, 1.165) is 47.5 Å². The minimum absolute atomic E-state index is 0.0267. The lowest BCUT2D eigenvalue weighted by molar-refractivity contribution is -0.0123. The van der Waals surface area contributed by atoms with E-state index in [4.69, 9.17) is 9.73 Å². The molecule has 124 valence electrons. The van der Waals surface area contributed by atoms with Gasteiger partial charge in [-0.25, -0.2) is 4.99 Å². The van der Waals surface area contributed by atoms with Gasteiger partial charge >= 0.3 is 0 Å². The van der Waals surface area contributed by atoms with Crippen LogP contribution in [-0.2, 0) is 0 Å². The molecular formula is C21H24N2O. The van der Waals surface area contributed by atoms with Crippen molar-refractivity contribution in [2.45, 2.75) is 52.7 Å². The van der Waals surface area contributed by atoms with E-state index in [-0.39, 0.29) is 5.41 Å². The monoisotopic (exact) mass is 320 g/mol. The van der Waals surface area contributed by atoms with Crippen LogP contribution < -0.4 is 4.74 Å². The highest BCUT2D eigenvalue weighted by atomic mass is 16.5. The first-order chi connectivity index (χ1) is 11.4. The summed E-state index contributed by atoms with van der Waals surface area (Å²) in [7, 11) is 0. The van der Waals surface area contributed by atoms with Crippen molar-refractivity contribution in [3.8, 4) is 5.75 Å². The molecule has 1 aromatic heterocycles. The smallest absolute Gasteiger partial charge is 0.205 e. The summed E-state index contributed by atoms with van der Waals surface area (Å²) in [5.74, 6) is 0.940. The van der Waals surface area contributed by atoms with E-state index in [1.54, 1.807) is 0 Å². The number of aliphatic imine (C=N–C) groups is 1. The van der Waals surface area contributed by atoms with Gasteiger partial charge in [0, 0.05) is 34.9 Å². The number of nitrogens with zero attached hydrogens (tertiary/aromatic N) is 2. The molecule has 3 nitrogen and oxygen atoms in total. The molecule has 2 aromatic rings. The van der Waals surface area contributed by atoms with Gasteiger partial charge in [-0.15, -0.1) is 0 Å². The van der Waals surface area contributed by atoms with Gasteiger partial charge in [0.05, 0.1) is 5.71 Å². The van der Waals surface area contributed by atoms with Crippen molar-refractivity contribution in [1.29, 1.82) is 0 Å². The molecule has 0 saturated heterocycles. The van der Waals surface area contributed by atoms with E-state index < -0.39 is 5.72 Å². The Hall–Kier alpha value is -2.16. The summed E-state index contributed by atoms with van der Waals surface area (Å²) in [6.45, 7) is 8.69. The molecule has 1 saturated carbocycles. The van der Waals surface area contributed by atoms with Crippen molar-refractivity contribution in [2.75, 3.05) is 0 Å². The molecule has 2 aliphatic rings. The van der Waals surface area contributed by atoms with Crippen molar-refractivity contribution in [2.24, 2.45) is 10.4 Å². The molecule has 1 aliphatic heterocycles. The Kier molecular flexibility index (Phi) is 3.31. The van der Waals surface area contributed by atoms with Crippen molar-refractivity contribution >= 4 is 5.71 Å². The van der Waals surface area contributed by atoms with Crippen molar-refractivity contribution < 1.29 is 4.74 Å². The molecule has 1 atom stereocenters. The van der Waals surface area contributed by atoms with E-state index >= 15 is 0 Å². The molecule has 24 heavy (non-hydrogen) atoms. The zero-order chi connectivity index (χ0) is 16.9. The van der Waals surface area contributed by atoms with E-state index in [1.807, 2.05) is 25.3 Å². The van der Waals surface area contributed by atoms with Crippen LogP contribution in [-0.4, -0.2) is 16.4 Å². The van der Waals surface area contributed by atoms with Crippen LogP contribution in [0.5, 0.6) is 5.75 Å². The number of benzene rings is 1. The van der Waals surface area contributed by atoms with Gasteiger partial charge in [0.15, 0.2) is 0 Å². The number of para-hydroxylation sites is 1. The molecule has 1 aliphatic carbocycles. The van der Waals surface area contributed by atoms with Gasteiger partial charge in [0.1, 0.15) is 5.75 Å². The SMILES string of the molecule is Cc1cc(C2=NC3(CCCC3(C)C)Oc3ccccc32)cnc1C. The molecule has 0 N–H and O–H groups in total. The fourth-order valence-electron chi connectivity index (χ4n) is 3.89. The maximum atomic E-state index is 6.49. The molecule has 3 heteroatoms. The zero-order valence-electron chi connectivity index (χ0n) is 14.9. The summed E-state index contributed by atoms with van der Waals surface area (Å²) in [5, 5.41) is 0. The van der Waals surface area contributed by atoms with E-state index in [2.05, 4.69) is 44.0 Å². The van der Waals surface area contributed by atoms with Gasteiger partial charge in [-0.05, 0) is 50.5 Å². The fraction of sp³-hybridized carbons (Fsp3) is 0.429. The van der Waals surface area contributed by atoms with Gasteiger partial charge < -0.3 is 4.74 Å². The molecule has 2 heterocycles. The predicted octanol–water partition coefficient (Wildman–Crippen LogP) is 4.83. The highest BCUT2D eigenvalue weighted by molar-refractivity contribution is 6.15. The molecule has 1 fully saturated rings. The maximum absolute atomic E-state index is 6.49. The molecule has 1 unspecified atom stereocenters. The van der Waals surface area contributed by atoms with Gasteiger partial charge in [-0.3, -0.25) is 4.98 Å². The first-order valence-electron chi connectivity index (χ1n) is 8.74. The summed E-state index contributed by atoms with van der Waals surface area (Å²) >= 11 is 0. The lowest BCUT2D eigenvalue weighted by atomic mass is 9.82. The second-order valence-corrected chi connectivity index (χ2v) is 7.71. The average Bonchev–Trinajstić information content (AvgIpc) is 2.83. The number of ether oxygens (including phenoxy) is 1. The second-order valence-electron chi connectivity index (χ2n) is 7.71. The van der Waals surface area contributed by atoms with Crippen LogP contribution in [0.1, 0.15) is 55.5 Å². The Labute approximate surface area is 143 Å². The van der Waals surface area contributed by atoms with Crippen LogP contribution in [0.25, 0.3) is 0 Å². The normalized spacial score (nSPS) is 24.4. The molecule has 1 aromatic carbocycles. The van der Waals surface area contributed by atoms with Crippen LogP contribution in [0, 0.1) is 19.3 Å². The molecule has 0 radical (unpaired) electrons. The number of aryl methyl sites for hydroxylation is 2. The van der Waals surface area contributed by atoms with Crippen LogP contribution >= 0.6 is 0 Å². The Morgan fingerprint density at radius 2 is 1.88 bits per heavy atom. The van der Waals surface area contributed by atoms with Crippen molar-refractivity contribution in [3.63, 3.8) is 0 Å². The molecule has 0 amide bonds. The Morgan fingerprint density at radius 3 is 2.58 bits per heavy atom. The summed E-state index contributed by atoms with van der Waals surface area (Å²) in [6, 6.07) is 10.4. The molecular weight excluding hydrogens is 296 g/mol. The minimum atomic E-state index is -0.463. The third-order valence-corrected chi connectivity index (χ3v) is 5.70. The Balaban J connectivity index is 1.94. The maximum Gasteiger partial charge on any atom is 0.205 e. The largest absolute Gasteiger partial charge is 0.465 e. The van der Waals surface area contributed by atoms with Crippen molar-refractivity contribution in [3.05, 3.63) is 58.9 Å². The van der Waals surface area contributed by atoms with Crippen LogP contribution in [0.3, 0.4) is 0 Å². The Morgan fingerprint density at radius 1 is 1.08 bits per heavy atom. The lowest BCUT2D eigenvalue weighted by Gasteiger charge is -2.42. The molecule has 1 spiro atoms. The highest BCUT2D eigenvalue weighted by Gasteiger charge is 2.53. The third kappa shape index (κ3) is 2.18. The van der Waals surface area contributed by atoms with Crippen LogP contribution in [0.15, 0.2) is 41.5 Å².